The number of pyridine rings is 2. The maximum atomic E-state index is 5.07. The fourth-order valence-electron chi connectivity index (χ4n) is 8.64. The Hall–Kier alpha value is -3.34. The summed E-state index contributed by atoms with van der Waals surface area (Å²) in [7, 11) is 0. The summed E-state index contributed by atoms with van der Waals surface area (Å²) in [4.78, 5) is 10.1. The van der Waals surface area contributed by atoms with E-state index in [1.165, 1.54) is 60.8 Å². The van der Waals surface area contributed by atoms with E-state index >= 15 is 0 Å². The van der Waals surface area contributed by atoms with E-state index < -0.39 is 0 Å². The predicted octanol–water partition coefficient (Wildman–Crippen LogP) is 19.9. The zero-order valence-corrected chi connectivity index (χ0v) is 46.8. The van der Waals surface area contributed by atoms with Crippen molar-refractivity contribution >= 4 is 21.8 Å². The van der Waals surface area contributed by atoms with Gasteiger partial charge in [-0.05, 0) is 83.5 Å². The quantitative estimate of drug-likeness (QED) is 0.176. The zero-order chi connectivity index (χ0) is 49.9. The van der Waals surface area contributed by atoms with Crippen LogP contribution in [0.25, 0.3) is 44.3 Å². The Morgan fingerprint density at radius 2 is 0.662 bits per heavy atom. The Morgan fingerprint density at radius 1 is 0.338 bits per heavy atom. The van der Waals surface area contributed by atoms with Gasteiger partial charge in [-0.25, -0.2) is 9.97 Å². The number of benzene rings is 6. The number of fused-ring (bicyclic) bond motifs is 8. The van der Waals surface area contributed by atoms with Crippen molar-refractivity contribution in [2.75, 3.05) is 0 Å². The minimum Gasteiger partial charge on any atom is -0.247 e. The maximum Gasteiger partial charge on any atom is 0.0757 e. The first-order chi connectivity index (χ1) is 32.5. The Morgan fingerprint density at radius 3 is 1.09 bits per heavy atom. The van der Waals surface area contributed by atoms with Crippen LogP contribution in [0.4, 0.5) is 0 Å². The summed E-state index contributed by atoms with van der Waals surface area (Å²) in [6.45, 7) is 38.9. The molecule has 2 heterocycles. The molecule has 0 saturated carbocycles. The Bertz CT molecular complexity index is 2580. The first-order valence-electron chi connectivity index (χ1n) is 25.7. The summed E-state index contributed by atoms with van der Waals surface area (Å²) < 4.78 is 0. The fraction of sp³-hybridized carbons (Fsp3) is 0.344. The molecule has 2 atom stereocenters. The molecule has 0 radical (unpaired) electrons. The van der Waals surface area contributed by atoms with Crippen molar-refractivity contribution < 1.29 is 75.5 Å². The van der Waals surface area contributed by atoms with Gasteiger partial charge in [-0.3, -0.25) is 0 Å². The van der Waals surface area contributed by atoms with Gasteiger partial charge >= 0.3 is 0 Å². The summed E-state index contributed by atoms with van der Waals surface area (Å²) in [5, 5.41) is 2.41. The van der Waals surface area contributed by atoms with Crippen LogP contribution in [-0.2, 0) is 17.3 Å². The molecule has 368 valence electrons. The molecule has 0 aliphatic heterocycles. The van der Waals surface area contributed by atoms with Gasteiger partial charge in [0.05, 0.1) is 22.4 Å². The molecule has 0 N–H and O–H groups in total. The van der Waals surface area contributed by atoms with E-state index in [0.29, 0.717) is 0 Å². The smallest absolute Gasteiger partial charge is 0.0757 e. The number of hydrogen-bond acceptors (Lipinski definition) is 2. The zero-order valence-electron chi connectivity index (χ0n) is 45.4. The van der Waals surface area contributed by atoms with E-state index in [1.54, 1.807) is 0 Å². The van der Waals surface area contributed by atoms with Gasteiger partial charge in [0.15, 0.2) is 0 Å². The first kappa shape index (κ1) is 66.7. The van der Waals surface area contributed by atoms with E-state index in [4.69, 9.17) is 9.97 Å². The molecule has 0 bridgehead atoms. The van der Waals surface area contributed by atoms with E-state index in [-0.39, 0.29) is 86.3 Å². The minimum atomic E-state index is -0.171. The molecule has 0 spiro atoms. The molecular weight excluding hydrogens is 877 g/mol. The normalized spacial score (nSPS) is 14.0. The topological polar surface area (TPSA) is 25.8 Å². The monoisotopic (exact) mass is 963 g/mol. The van der Waals surface area contributed by atoms with Crippen molar-refractivity contribution in [2.24, 2.45) is 0 Å². The van der Waals surface area contributed by atoms with Gasteiger partial charge in [-0.2, -0.15) is 0 Å². The van der Waals surface area contributed by atoms with E-state index in [1.807, 2.05) is 111 Å². The standard InChI is InChI=1S/C25H21N.C23H17N.8C2H6.2Ar/c1-3-17-10-4-7-13-20(17)25(2)21-14-8-6-12-19(21)24-22(25)16-18-11-5-9-15-23(18)26-24;1-23(17-10-3-2-4-11-17)19-13-7-6-12-18(19)22-20(23)15-16-9-5-8-14-21(16)24-22;8*1-2;;/h4-16H,3H2,1-2H3;2-15H,1H3;8*1-2H3;;. The Labute approximate surface area is 476 Å². The molecule has 0 amide bonds. The van der Waals surface area contributed by atoms with Crippen molar-refractivity contribution in [3.8, 4) is 22.5 Å². The maximum absolute atomic E-state index is 5.07. The van der Waals surface area contributed by atoms with Crippen molar-refractivity contribution in [3.63, 3.8) is 0 Å². The third-order valence-corrected chi connectivity index (χ3v) is 11.3. The first-order valence-corrected chi connectivity index (χ1v) is 25.7. The Kier molecular flexibility index (Phi) is 35.0. The number of nitrogens with zero attached hydrogens (tertiary/aromatic N) is 2. The van der Waals surface area contributed by atoms with Crippen LogP contribution in [0.2, 0.25) is 0 Å². The fourth-order valence-corrected chi connectivity index (χ4v) is 8.64. The van der Waals surface area contributed by atoms with Crippen LogP contribution in [0.1, 0.15) is 170 Å². The number of hydrogen-bond donors (Lipinski definition) is 0. The summed E-state index contributed by atoms with van der Waals surface area (Å²) >= 11 is 0. The van der Waals surface area contributed by atoms with Crippen LogP contribution in [0, 0.1) is 75.5 Å². The predicted molar refractivity (Wildman–Crippen MR) is 299 cm³/mol. The molecule has 8 aromatic rings. The average Bonchev–Trinajstić information content (AvgIpc) is 3.84. The molecule has 10 rings (SSSR count). The van der Waals surface area contributed by atoms with Gasteiger partial charge in [0.2, 0.25) is 0 Å². The largest absolute Gasteiger partial charge is 0.247 e. The molecule has 68 heavy (non-hydrogen) atoms. The number of aryl methyl sites for hydroxylation is 1. The summed E-state index contributed by atoms with van der Waals surface area (Å²) in [5.74, 6) is 0. The number of aromatic nitrogens is 2. The summed E-state index contributed by atoms with van der Waals surface area (Å²) in [6.07, 6.45) is 1.03. The van der Waals surface area contributed by atoms with Crippen LogP contribution in [0.5, 0.6) is 0 Å². The number of para-hydroxylation sites is 2. The molecule has 2 unspecified atom stereocenters. The van der Waals surface area contributed by atoms with Crippen molar-refractivity contribution in [1.29, 1.82) is 0 Å². The van der Waals surface area contributed by atoms with Gasteiger partial charge in [0, 0.05) is 108 Å². The average molecular weight is 963 g/mol. The molecular formula is C64H86Ar2N2. The molecule has 0 saturated heterocycles. The van der Waals surface area contributed by atoms with Crippen LogP contribution < -0.4 is 0 Å². The third-order valence-electron chi connectivity index (χ3n) is 11.3. The van der Waals surface area contributed by atoms with Crippen molar-refractivity contribution in [2.45, 2.75) is 149 Å². The second-order valence-corrected chi connectivity index (χ2v) is 13.9. The SMILES string of the molecule is CC.CC.CC.CC.CC.CC.CC.CC.CC1(c2ccccc2)c2ccccc2-c2nc3ccccc3cc21.CCc1ccccc1C1(C)c2ccccc2-c2nc3ccccc3cc21.[Ar].[Ar]. The van der Waals surface area contributed by atoms with E-state index in [0.717, 1.165) is 28.8 Å². The van der Waals surface area contributed by atoms with Crippen LogP contribution in [0.15, 0.2) is 164 Å². The molecule has 2 nitrogen and oxygen atoms in total. The molecule has 4 heteroatoms. The van der Waals surface area contributed by atoms with Gasteiger partial charge in [0.25, 0.3) is 0 Å². The van der Waals surface area contributed by atoms with E-state index in [2.05, 4.69) is 185 Å². The van der Waals surface area contributed by atoms with Gasteiger partial charge in [-0.1, -0.05) is 257 Å². The van der Waals surface area contributed by atoms with Crippen LogP contribution in [-0.4, -0.2) is 9.97 Å². The van der Waals surface area contributed by atoms with Gasteiger partial charge in [0.1, 0.15) is 0 Å². The second-order valence-electron chi connectivity index (χ2n) is 13.9. The number of rotatable bonds is 3. The molecule has 2 aliphatic rings. The molecule has 2 aliphatic carbocycles. The molecule has 2 aromatic heterocycles. The molecule has 0 fully saturated rings. The van der Waals surface area contributed by atoms with Crippen LogP contribution in [0.3, 0.4) is 0 Å². The third kappa shape index (κ3) is 14.2. The van der Waals surface area contributed by atoms with E-state index in [9.17, 15) is 0 Å². The van der Waals surface area contributed by atoms with Crippen LogP contribution >= 0.6 is 0 Å². The van der Waals surface area contributed by atoms with Crippen molar-refractivity contribution in [3.05, 3.63) is 203 Å². The summed E-state index contributed by atoms with van der Waals surface area (Å²) in [5.41, 5.74) is 16.0. The van der Waals surface area contributed by atoms with Gasteiger partial charge in [-0.15, -0.1) is 0 Å². The minimum absolute atomic E-state index is 0. The van der Waals surface area contributed by atoms with Crippen molar-refractivity contribution in [1.82, 2.24) is 9.97 Å². The second kappa shape index (κ2) is 35.7. The Balaban J connectivity index is 0. The molecule has 6 aromatic carbocycles. The van der Waals surface area contributed by atoms with Gasteiger partial charge < -0.3 is 0 Å². The summed E-state index contributed by atoms with van der Waals surface area (Å²) in [6, 6.07) is 58.5.